The molecule has 2 aliphatic rings. The predicted molar refractivity (Wildman–Crippen MR) is 94.1 cm³/mol. The lowest BCUT2D eigenvalue weighted by Crippen LogP contribution is -2.35. The van der Waals surface area contributed by atoms with Crippen LogP contribution in [0.4, 0.5) is 0 Å². The van der Waals surface area contributed by atoms with Gasteiger partial charge in [-0.1, -0.05) is 36.4 Å². The van der Waals surface area contributed by atoms with E-state index in [4.69, 9.17) is 0 Å². The van der Waals surface area contributed by atoms with Crippen LogP contribution in [0.2, 0.25) is 0 Å². The molecule has 22 heavy (non-hydrogen) atoms. The van der Waals surface area contributed by atoms with Gasteiger partial charge >= 0.3 is 0 Å². The standard InChI is InChI=1S/C20H18N2/c1-3-9-21-11-15-5-7-17-13-22(10-4-2)14-18-8-6-16(12-21)19(15)20(17)18/h3-8,11-14H,1-2,9-10H2. The number of rotatable bonds is 4. The SMILES string of the molecule is C=CCN1C=c2ccc3c4c(ccc(c24)=C1)=CN(CC=C)C=3. The van der Waals surface area contributed by atoms with Gasteiger partial charge in [0, 0.05) is 48.7 Å². The predicted octanol–water partition coefficient (Wildman–Crippen LogP) is 0.795. The first-order chi connectivity index (χ1) is 10.8. The molecule has 2 aliphatic heterocycles. The molecule has 2 aromatic carbocycles. The summed E-state index contributed by atoms with van der Waals surface area (Å²) in [4.78, 5) is 4.37. The van der Waals surface area contributed by atoms with E-state index in [1.165, 1.54) is 31.6 Å². The summed E-state index contributed by atoms with van der Waals surface area (Å²) in [7, 11) is 0. The molecule has 0 spiro atoms. The molecular weight excluding hydrogens is 268 g/mol. The van der Waals surface area contributed by atoms with Gasteiger partial charge in [-0.3, -0.25) is 0 Å². The summed E-state index contributed by atoms with van der Waals surface area (Å²) in [5.41, 5.74) is 0. The van der Waals surface area contributed by atoms with E-state index < -0.39 is 0 Å². The monoisotopic (exact) mass is 286 g/mol. The summed E-state index contributed by atoms with van der Waals surface area (Å²) in [6.07, 6.45) is 12.7. The van der Waals surface area contributed by atoms with E-state index in [2.05, 4.69) is 72.0 Å². The lowest BCUT2D eigenvalue weighted by Gasteiger charge is -2.21. The Morgan fingerprint density at radius 3 is 1.23 bits per heavy atom. The first-order valence-corrected chi connectivity index (χ1v) is 7.52. The van der Waals surface area contributed by atoms with E-state index in [9.17, 15) is 0 Å². The Labute approximate surface area is 129 Å². The Bertz CT molecular complexity index is 873. The quantitative estimate of drug-likeness (QED) is 0.767. The van der Waals surface area contributed by atoms with Crippen LogP contribution in [-0.2, 0) is 0 Å². The number of benzene rings is 2. The van der Waals surface area contributed by atoms with E-state index in [1.54, 1.807) is 0 Å². The van der Waals surface area contributed by atoms with Gasteiger partial charge in [-0.25, -0.2) is 0 Å². The van der Waals surface area contributed by atoms with Crippen molar-refractivity contribution < 1.29 is 0 Å². The molecular formula is C20H18N2. The highest BCUT2D eigenvalue weighted by Crippen LogP contribution is 2.06. The zero-order chi connectivity index (χ0) is 15.1. The summed E-state index contributed by atoms with van der Waals surface area (Å²) < 4.78 is 0. The fraction of sp³-hybridized carbons (Fsp3) is 0.100. The lowest BCUT2D eigenvalue weighted by molar-refractivity contribution is 0.660. The van der Waals surface area contributed by atoms with Crippen molar-refractivity contribution >= 4 is 35.6 Å². The molecule has 0 unspecified atom stereocenters. The van der Waals surface area contributed by atoms with Gasteiger partial charge in [-0.05, 0) is 20.9 Å². The molecule has 0 N–H and O–H groups in total. The van der Waals surface area contributed by atoms with E-state index >= 15 is 0 Å². The topological polar surface area (TPSA) is 6.48 Å². The van der Waals surface area contributed by atoms with Crippen LogP contribution in [0.15, 0.2) is 49.6 Å². The van der Waals surface area contributed by atoms with Crippen LogP contribution >= 0.6 is 0 Å². The second kappa shape index (κ2) is 4.92. The summed E-state index contributed by atoms with van der Waals surface area (Å²) in [5.74, 6) is 0. The maximum atomic E-state index is 3.83. The molecule has 2 aromatic rings. The molecule has 108 valence electrons. The molecule has 2 heterocycles. The molecule has 2 heteroatoms. The fourth-order valence-electron chi connectivity index (χ4n) is 3.33. The van der Waals surface area contributed by atoms with E-state index in [1.807, 2.05) is 12.2 Å². The Kier molecular flexibility index (Phi) is 2.90. The highest BCUT2D eigenvalue weighted by molar-refractivity contribution is 5.89. The third-order valence-electron chi connectivity index (χ3n) is 4.19. The van der Waals surface area contributed by atoms with Crippen molar-refractivity contribution in [1.29, 1.82) is 0 Å². The fourth-order valence-corrected chi connectivity index (χ4v) is 3.33. The molecule has 0 radical (unpaired) electrons. The van der Waals surface area contributed by atoms with Crippen molar-refractivity contribution in [2.45, 2.75) is 0 Å². The van der Waals surface area contributed by atoms with Gasteiger partial charge in [0.25, 0.3) is 0 Å². The minimum absolute atomic E-state index is 0.829. The van der Waals surface area contributed by atoms with Crippen molar-refractivity contribution in [3.05, 3.63) is 70.4 Å². The van der Waals surface area contributed by atoms with Crippen molar-refractivity contribution in [2.24, 2.45) is 0 Å². The average Bonchev–Trinajstić information content (AvgIpc) is 2.53. The van der Waals surface area contributed by atoms with Gasteiger partial charge in [0.1, 0.15) is 0 Å². The molecule has 0 aliphatic carbocycles. The molecule has 0 saturated heterocycles. The maximum absolute atomic E-state index is 3.83. The maximum Gasteiger partial charge on any atom is 0.0398 e. The third kappa shape index (κ3) is 1.88. The van der Waals surface area contributed by atoms with Crippen molar-refractivity contribution in [2.75, 3.05) is 13.1 Å². The molecule has 0 saturated carbocycles. The Morgan fingerprint density at radius 1 is 0.636 bits per heavy atom. The highest BCUT2D eigenvalue weighted by Gasteiger charge is 2.10. The molecule has 2 nitrogen and oxygen atoms in total. The molecule has 0 atom stereocenters. The summed E-state index contributed by atoms with van der Waals surface area (Å²) >= 11 is 0. The van der Waals surface area contributed by atoms with Crippen LogP contribution in [0.3, 0.4) is 0 Å². The lowest BCUT2D eigenvalue weighted by atomic mass is 9.99. The highest BCUT2D eigenvalue weighted by atomic mass is 15.1. The average molecular weight is 286 g/mol. The third-order valence-corrected chi connectivity index (χ3v) is 4.19. The minimum Gasteiger partial charge on any atom is -0.349 e. The van der Waals surface area contributed by atoms with Gasteiger partial charge < -0.3 is 9.80 Å². The Morgan fingerprint density at radius 2 is 0.955 bits per heavy atom. The largest absolute Gasteiger partial charge is 0.349 e. The number of hydrogen-bond acceptors (Lipinski definition) is 2. The van der Waals surface area contributed by atoms with Crippen molar-refractivity contribution in [1.82, 2.24) is 9.80 Å². The first-order valence-electron chi connectivity index (χ1n) is 7.52. The molecule has 0 amide bonds. The van der Waals surface area contributed by atoms with Crippen LogP contribution in [0.5, 0.6) is 0 Å². The van der Waals surface area contributed by atoms with E-state index in [0.29, 0.717) is 0 Å². The molecule has 4 rings (SSSR count). The van der Waals surface area contributed by atoms with Crippen molar-refractivity contribution in [3.8, 4) is 0 Å². The second-order valence-corrected chi connectivity index (χ2v) is 5.73. The zero-order valence-electron chi connectivity index (χ0n) is 12.5. The minimum atomic E-state index is 0.829. The van der Waals surface area contributed by atoms with E-state index in [0.717, 1.165) is 13.1 Å². The number of nitrogens with zero attached hydrogens (tertiary/aromatic N) is 2. The van der Waals surface area contributed by atoms with Gasteiger partial charge in [-0.2, -0.15) is 0 Å². The van der Waals surface area contributed by atoms with Crippen LogP contribution in [0, 0.1) is 0 Å². The van der Waals surface area contributed by atoms with Crippen LogP contribution < -0.4 is 20.9 Å². The summed E-state index contributed by atoms with van der Waals surface area (Å²) in [5, 5.41) is 7.80. The molecule has 0 bridgehead atoms. The summed E-state index contributed by atoms with van der Waals surface area (Å²) in [6, 6.07) is 8.84. The second-order valence-electron chi connectivity index (χ2n) is 5.73. The first kappa shape index (κ1) is 13.0. The van der Waals surface area contributed by atoms with Crippen LogP contribution in [0.25, 0.3) is 35.6 Å². The normalized spacial score (nSPS) is 14.5. The Hall–Kier alpha value is -2.74. The van der Waals surface area contributed by atoms with Gasteiger partial charge in [0.05, 0.1) is 0 Å². The molecule has 0 aromatic heterocycles. The van der Waals surface area contributed by atoms with Gasteiger partial charge in [0.15, 0.2) is 0 Å². The van der Waals surface area contributed by atoms with Gasteiger partial charge in [-0.15, -0.1) is 13.2 Å². The Balaban J connectivity index is 2.07. The van der Waals surface area contributed by atoms with Crippen LogP contribution in [-0.4, -0.2) is 22.9 Å². The molecule has 0 fully saturated rings. The summed E-state index contributed by atoms with van der Waals surface area (Å²) in [6.45, 7) is 9.32. The van der Waals surface area contributed by atoms with Crippen LogP contribution in [0.1, 0.15) is 0 Å². The van der Waals surface area contributed by atoms with Crippen molar-refractivity contribution in [3.63, 3.8) is 0 Å². The van der Waals surface area contributed by atoms with Gasteiger partial charge in [0.2, 0.25) is 0 Å². The van der Waals surface area contributed by atoms with E-state index in [-0.39, 0.29) is 0 Å². The zero-order valence-corrected chi connectivity index (χ0v) is 12.5. The number of hydrogen-bond donors (Lipinski definition) is 0. The smallest absolute Gasteiger partial charge is 0.0398 e.